The van der Waals surface area contributed by atoms with Gasteiger partial charge in [-0.05, 0) is 61.6 Å². The zero-order valence-electron chi connectivity index (χ0n) is 19.5. The number of halogens is 3. The van der Waals surface area contributed by atoms with Crippen molar-refractivity contribution in [1.29, 1.82) is 5.26 Å². The number of nitriles is 1. The van der Waals surface area contributed by atoms with Crippen molar-refractivity contribution in [2.75, 3.05) is 31.6 Å². The van der Waals surface area contributed by atoms with Crippen LogP contribution >= 0.6 is 0 Å². The smallest absolute Gasteiger partial charge is 0.371 e. The lowest BCUT2D eigenvalue weighted by atomic mass is 9.76. The minimum atomic E-state index is -4.59. The fraction of sp³-hybridized carbons (Fsp3) is 0.640. The van der Waals surface area contributed by atoms with Crippen LogP contribution in [0.4, 0.5) is 18.9 Å². The number of benzene rings is 1. The van der Waals surface area contributed by atoms with Gasteiger partial charge in [0.2, 0.25) is 11.8 Å². The molecule has 184 valence electrons. The molecule has 2 aliphatic heterocycles. The molecule has 1 atom stereocenters. The summed E-state index contributed by atoms with van der Waals surface area (Å²) >= 11 is 0. The average Bonchev–Trinajstić information content (AvgIpc) is 3.46. The van der Waals surface area contributed by atoms with Crippen molar-refractivity contribution >= 4 is 17.5 Å². The van der Waals surface area contributed by atoms with Gasteiger partial charge in [-0.25, -0.2) is 0 Å². The van der Waals surface area contributed by atoms with Gasteiger partial charge in [-0.2, -0.15) is 18.4 Å². The molecule has 1 aliphatic carbocycles. The molecule has 9 heteroatoms. The zero-order chi connectivity index (χ0) is 24.5. The molecule has 34 heavy (non-hydrogen) atoms. The van der Waals surface area contributed by atoms with E-state index >= 15 is 0 Å². The van der Waals surface area contributed by atoms with Crippen molar-refractivity contribution in [2.45, 2.75) is 63.6 Å². The predicted molar refractivity (Wildman–Crippen MR) is 121 cm³/mol. The number of hydrogen-bond donors (Lipinski definition) is 1. The number of rotatable bonds is 4. The Morgan fingerprint density at radius 2 is 1.88 bits per heavy atom. The van der Waals surface area contributed by atoms with E-state index in [1.54, 1.807) is 24.1 Å². The van der Waals surface area contributed by atoms with Gasteiger partial charge in [-0.1, -0.05) is 12.8 Å². The normalized spacial score (nSPS) is 22.7. The van der Waals surface area contributed by atoms with Crippen molar-refractivity contribution < 1.29 is 22.8 Å². The number of carbonyl (C=O) groups is 2. The number of likely N-dealkylation sites (tertiary alicyclic amines) is 1. The molecule has 2 saturated heterocycles. The van der Waals surface area contributed by atoms with Crippen LogP contribution in [0.1, 0.15) is 62.5 Å². The number of piperidine rings is 1. The van der Waals surface area contributed by atoms with E-state index in [-0.39, 0.29) is 22.8 Å². The van der Waals surface area contributed by atoms with Crippen molar-refractivity contribution in [1.82, 2.24) is 10.2 Å². The topological polar surface area (TPSA) is 76.4 Å². The van der Waals surface area contributed by atoms with Crippen LogP contribution in [0.3, 0.4) is 0 Å². The molecule has 6 nitrogen and oxygen atoms in total. The number of alkyl halides is 3. The van der Waals surface area contributed by atoms with Crippen molar-refractivity contribution in [3.63, 3.8) is 0 Å². The van der Waals surface area contributed by atoms with Gasteiger partial charge in [0.1, 0.15) is 6.04 Å². The summed E-state index contributed by atoms with van der Waals surface area (Å²) in [5.74, 6) is 0.290. The fourth-order valence-corrected chi connectivity index (χ4v) is 5.96. The maximum absolute atomic E-state index is 13.4. The van der Waals surface area contributed by atoms with Crippen LogP contribution in [0, 0.1) is 22.7 Å². The summed E-state index contributed by atoms with van der Waals surface area (Å²) in [5, 5.41) is 11.7. The van der Waals surface area contributed by atoms with E-state index in [1.807, 2.05) is 4.90 Å². The van der Waals surface area contributed by atoms with Crippen LogP contribution in [0.5, 0.6) is 0 Å². The van der Waals surface area contributed by atoms with Gasteiger partial charge in [-0.3, -0.25) is 9.59 Å². The van der Waals surface area contributed by atoms with E-state index in [9.17, 15) is 22.8 Å². The summed E-state index contributed by atoms with van der Waals surface area (Å²) < 4.78 is 40.2. The molecule has 0 radical (unpaired) electrons. The van der Waals surface area contributed by atoms with Gasteiger partial charge < -0.3 is 15.1 Å². The highest BCUT2D eigenvalue weighted by molar-refractivity contribution is 5.88. The Morgan fingerprint density at radius 1 is 1.21 bits per heavy atom. The van der Waals surface area contributed by atoms with Gasteiger partial charge >= 0.3 is 6.18 Å². The second-order valence-corrected chi connectivity index (χ2v) is 10.0. The lowest BCUT2D eigenvalue weighted by Gasteiger charge is -2.40. The van der Waals surface area contributed by atoms with Crippen molar-refractivity contribution in [2.24, 2.45) is 11.3 Å². The van der Waals surface area contributed by atoms with E-state index in [4.69, 9.17) is 5.26 Å². The van der Waals surface area contributed by atoms with Gasteiger partial charge in [0.15, 0.2) is 0 Å². The molecule has 2 heterocycles. The number of anilines is 1. The Bertz CT molecular complexity index is 973. The maximum atomic E-state index is 13.4. The first-order chi connectivity index (χ1) is 16.2. The molecule has 1 spiro atoms. The molecule has 0 aromatic heterocycles. The van der Waals surface area contributed by atoms with Crippen LogP contribution in [0.15, 0.2) is 18.2 Å². The van der Waals surface area contributed by atoms with Crippen molar-refractivity contribution in [3.05, 3.63) is 29.3 Å². The quantitative estimate of drug-likeness (QED) is 0.710. The molecule has 1 unspecified atom stereocenters. The third-order valence-electron chi connectivity index (χ3n) is 7.93. The minimum Gasteiger partial charge on any atom is -0.371 e. The zero-order valence-corrected chi connectivity index (χ0v) is 19.5. The number of likely N-dealkylation sites (N-methyl/N-ethyl adjacent to an activating group) is 1. The highest BCUT2D eigenvalue weighted by Gasteiger charge is 2.49. The third-order valence-corrected chi connectivity index (χ3v) is 7.93. The van der Waals surface area contributed by atoms with Crippen LogP contribution in [-0.2, 0) is 15.8 Å². The van der Waals surface area contributed by atoms with E-state index in [1.165, 1.54) is 6.07 Å². The largest absolute Gasteiger partial charge is 0.417 e. The monoisotopic (exact) mass is 476 g/mol. The lowest BCUT2D eigenvalue weighted by molar-refractivity contribution is -0.139. The Kier molecular flexibility index (Phi) is 6.79. The van der Waals surface area contributed by atoms with E-state index in [2.05, 4.69) is 5.32 Å². The Morgan fingerprint density at radius 3 is 2.47 bits per heavy atom. The summed E-state index contributed by atoms with van der Waals surface area (Å²) in [4.78, 5) is 29.4. The number of amides is 2. The first kappa shape index (κ1) is 24.4. The summed E-state index contributed by atoms with van der Waals surface area (Å²) in [6, 6.07) is 4.97. The minimum absolute atomic E-state index is 0.0433. The second-order valence-electron chi connectivity index (χ2n) is 10.0. The van der Waals surface area contributed by atoms with E-state index in [0.717, 1.165) is 31.7 Å². The maximum Gasteiger partial charge on any atom is 0.417 e. The van der Waals surface area contributed by atoms with Gasteiger partial charge in [0.25, 0.3) is 0 Å². The molecule has 1 saturated carbocycles. The average molecular weight is 477 g/mol. The fourth-order valence-electron chi connectivity index (χ4n) is 5.96. The van der Waals surface area contributed by atoms with Gasteiger partial charge in [-0.15, -0.1) is 0 Å². The van der Waals surface area contributed by atoms with E-state index in [0.29, 0.717) is 56.9 Å². The number of nitrogens with one attached hydrogen (secondary N) is 1. The molecule has 3 aliphatic rings. The van der Waals surface area contributed by atoms with Crippen molar-refractivity contribution in [3.8, 4) is 6.07 Å². The summed E-state index contributed by atoms with van der Waals surface area (Å²) in [6.45, 7) is 1.59. The standard InChI is InChI=1S/C25H31F3N4O2/c1-30-23(34)21-14-24(16-32(21)22(33)12-17-4-2-3-5-17)8-10-31(11-9-24)19-7-6-18(15-29)20(13-19)25(26,27)28/h6-7,13,17,21H,2-5,8-12,14,16H2,1H3,(H,30,34). The van der Waals surface area contributed by atoms with Crippen LogP contribution in [0.2, 0.25) is 0 Å². The Labute approximate surface area is 198 Å². The highest BCUT2D eigenvalue weighted by atomic mass is 19.4. The second kappa shape index (κ2) is 9.47. The Balaban J connectivity index is 1.47. The number of hydrogen-bond acceptors (Lipinski definition) is 4. The van der Waals surface area contributed by atoms with E-state index < -0.39 is 17.8 Å². The molecule has 4 rings (SSSR count). The first-order valence-electron chi connectivity index (χ1n) is 12.0. The van der Waals surface area contributed by atoms with Crippen LogP contribution in [-0.4, -0.2) is 49.4 Å². The Hall–Kier alpha value is -2.76. The summed E-state index contributed by atoms with van der Waals surface area (Å²) in [5.41, 5.74) is -1.07. The van der Waals surface area contributed by atoms with Crippen LogP contribution in [0.25, 0.3) is 0 Å². The molecule has 3 fully saturated rings. The molecule has 1 aromatic rings. The molecular weight excluding hydrogens is 445 g/mol. The summed E-state index contributed by atoms with van der Waals surface area (Å²) in [7, 11) is 1.58. The number of nitrogens with zero attached hydrogens (tertiary/aromatic N) is 3. The number of carbonyl (C=O) groups excluding carboxylic acids is 2. The molecular formula is C25H31F3N4O2. The molecule has 2 amide bonds. The molecule has 1 aromatic carbocycles. The molecule has 1 N–H and O–H groups in total. The lowest BCUT2D eigenvalue weighted by Crippen LogP contribution is -2.45. The molecule has 0 bridgehead atoms. The van der Waals surface area contributed by atoms with Crippen LogP contribution < -0.4 is 10.2 Å². The predicted octanol–water partition coefficient (Wildman–Crippen LogP) is 4.09. The first-order valence-corrected chi connectivity index (χ1v) is 12.0. The highest BCUT2D eigenvalue weighted by Crippen LogP contribution is 2.45. The van der Waals surface area contributed by atoms with Gasteiger partial charge in [0, 0.05) is 38.8 Å². The SMILES string of the molecule is CNC(=O)C1CC2(CCN(c3ccc(C#N)c(C(F)(F)F)c3)CC2)CN1C(=O)CC1CCCC1. The summed E-state index contributed by atoms with van der Waals surface area (Å²) in [6.07, 6.45) is 2.29. The van der Waals surface area contributed by atoms with Gasteiger partial charge in [0.05, 0.1) is 17.2 Å². The third kappa shape index (κ3) is 4.86.